The highest BCUT2D eigenvalue weighted by Gasteiger charge is 2.22. The molecule has 0 aliphatic carbocycles. The number of halogens is 1. The van der Waals surface area contributed by atoms with E-state index in [-0.39, 0.29) is 16.6 Å². The molecule has 1 aromatic carbocycles. The summed E-state index contributed by atoms with van der Waals surface area (Å²) in [5.41, 5.74) is 0.564. The number of rotatable bonds is 4. The molecule has 1 unspecified atom stereocenters. The number of amides is 1. The van der Waals surface area contributed by atoms with E-state index >= 15 is 0 Å². The third kappa shape index (κ3) is 3.92. The van der Waals surface area contributed by atoms with Crippen molar-refractivity contribution in [2.75, 3.05) is 7.05 Å². The maximum Gasteiger partial charge on any atom is 0.260 e. The maximum atomic E-state index is 11.6. The molecule has 106 valence electrons. The van der Waals surface area contributed by atoms with E-state index in [0.717, 1.165) is 0 Å². The number of hydrogen-bond donors (Lipinski definition) is 2. The quantitative estimate of drug-likeness (QED) is 0.843. The smallest absolute Gasteiger partial charge is 0.260 e. The molecular formula is C11H15BrN2O4S. The van der Waals surface area contributed by atoms with Gasteiger partial charge >= 0.3 is 0 Å². The molecule has 3 N–H and O–H groups in total. The van der Waals surface area contributed by atoms with Gasteiger partial charge in [0.1, 0.15) is 10.6 Å². The average molecular weight is 351 g/mol. The van der Waals surface area contributed by atoms with Crippen molar-refractivity contribution in [3.05, 3.63) is 22.2 Å². The second-order valence-corrected chi connectivity index (χ2v) is 6.41. The Labute approximate surface area is 120 Å². The summed E-state index contributed by atoms with van der Waals surface area (Å²) >= 11 is 3.19. The van der Waals surface area contributed by atoms with Crippen LogP contribution in [0.15, 0.2) is 21.5 Å². The highest BCUT2D eigenvalue weighted by atomic mass is 79.9. The Bertz CT molecular complexity index is 601. The normalized spacial score (nSPS) is 12.9. The second kappa shape index (κ2) is 5.89. The van der Waals surface area contributed by atoms with Gasteiger partial charge in [-0.1, -0.05) is 15.9 Å². The van der Waals surface area contributed by atoms with E-state index in [4.69, 9.17) is 9.88 Å². The number of nitrogens with one attached hydrogen (secondary N) is 1. The minimum Gasteiger partial charge on any atom is -0.479 e. The summed E-state index contributed by atoms with van der Waals surface area (Å²) in [6, 6.07) is 3.02. The molecule has 0 heterocycles. The monoisotopic (exact) mass is 350 g/mol. The van der Waals surface area contributed by atoms with Crippen molar-refractivity contribution in [1.29, 1.82) is 0 Å². The van der Waals surface area contributed by atoms with Crippen LogP contribution in [0.2, 0.25) is 0 Å². The van der Waals surface area contributed by atoms with Crippen LogP contribution in [-0.2, 0) is 14.8 Å². The van der Waals surface area contributed by atoms with E-state index < -0.39 is 16.1 Å². The molecule has 8 heteroatoms. The van der Waals surface area contributed by atoms with Crippen LogP contribution < -0.4 is 15.2 Å². The zero-order valence-electron chi connectivity index (χ0n) is 10.7. The van der Waals surface area contributed by atoms with Crippen molar-refractivity contribution >= 4 is 31.9 Å². The van der Waals surface area contributed by atoms with E-state index in [1.165, 1.54) is 20.0 Å². The Morgan fingerprint density at radius 3 is 2.53 bits per heavy atom. The molecule has 1 amide bonds. The number of ether oxygens (including phenoxy) is 1. The van der Waals surface area contributed by atoms with Gasteiger partial charge in [0.25, 0.3) is 5.91 Å². The Morgan fingerprint density at radius 2 is 2.05 bits per heavy atom. The number of aryl methyl sites for hydroxylation is 1. The van der Waals surface area contributed by atoms with Crippen molar-refractivity contribution in [3.63, 3.8) is 0 Å². The predicted octanol–water partition coefficient (Wildman–Crippen LogP) is 0.918. The Kier molecular flexibility index (Phi) is 4.94. The number of benzene rings is 1. The zero-order chi connectivity index (χ0) is 14.8. The van der Waals surface area contributed by atoms with Crippen molar-refractivity contribution in [2.45, 2.75) is 24.8 Å². The van der Waals surface area contributed by atoms with Gasteiger partial charge in [0.2, 0.25) is 10.0 Å². The van der Waals surface area contributed by atoms with Gasteiger partial charge < -0.3 is 10.1 Å². The van der Waals surface area contributed by atoms with Gasteiger partial charge in [-0.15, -0.1) is 0 Å². The summed E-state index contributed by atoms with van der Waals surface area (Å²) in [5, 5.41) is 7.57. The fourth-order valence-electron chi connectivity index (χ4n) is 1.50. The number of likely N-dealkylation sites (N-methyl/N-ethyl adjacent to an activating group) is 1. The molecule has 1 atom stereocenters. The fourth-order valence-corrected chi connectivity index (χ4v) is 2.98. The Hall–Kier alpha value is -1.12. The lowest BCUT2D eigenvalue weighted by molar-refractivity contribution is -0.126. The van der Waals surface area contributed by atoms with Gasteiger partial charge in [-0.05, 0) is 31.5 Å². The van der Waals surface area contributed by atoms with Crippen LogP contribution in [0.1, 0.15) is 12.5 Å². The molecule has 0 saturated carbocycles. The lowest BCUT2D eigenvalue weighted by Crippen LogP contribution is -2.34. The van der Waals surface area contributed by atoms with E-state index in [1.807, 2.05) is 0 Å². The average Bonchev–Trinajstić information content (AvgIpc) is 2.29. The van der Waals surface area contributed by atoms with E-state index in [2.05, 4.69) is 21.2 Å². The first-order chi connectivity index (χ1) is 8.66. The topological polar surface area (TPSA) is 98.5 Å². The molecule has 1 aromatic rings. The predicted molar refractivity (Wildman–Crippen MR) is 74.4 cm³/mol. The van der Waals surface area contributed by atoms with Crippen LogP contribution in [0.4, 0.5) is 0 Å². The van der Waals surface area contributed by atoms with Gasteiger partial charge in [0.05, 0.1) is 0 Å². The standard InChI is InChI=1S/C11H15BrN2O4S/c1-6-4-8(12)5-9(19(13,16)17)10(6)18-7(2)11(15)14-3/h4-5,7H,1-3H3,(H,14,15)(H2,13,16,17). The highest BCUT2D eigenvalue weighted by molar-refractivity contribution is 9.10. The van der Waals surface area contributed by atoms with E-state index in [9.17, 15) is 13.2 Å². The van der Waals surface area contributed by atoms with Crippen molar-refractivity contribution in [3.8, 4) is 5.75 Å². The number of carbonyl (C=O) groups is 1. The minimum atomic E-state index is -3.94. The summed E-state index contributed by atoms with van der Waals surface area (Å²) in [5.74, 6) is -0.274. The molecule has 0 aliphatic heterocycles. The molecule has 0 bridgehead atoms. The van der Waals surface area contributed by atoms with Gasteiger partial charge in [-0.3, -0.25) is 4.79 Å². The summed E-state index contributed by atoms with van der Waals surface area (Å²) in [4.78, 5) is 11.3. The Morgan fingerprint density at radius 1 is 1.47 bits per heavy atom. The van der Waals surface area contributed by atoms with Crippen molar-refractivity contribution in [1.82, 2.24) is 5.32 Å². The molecule has 1 rings (SSSR count). The molecular weight excluding hydrogens is 336 g/mol. The number of hydrogen-bond acceptors (Lipinski definition) is 4. The largest absolute Gasteiger partial charge is 0.479 e. The number of sulfonamides is 1. The number of primary sulfonamides is 1. The first kappa shape index (κ1) is 15.9. The molecule has 19 heavy (non-hydrogen) atoms. The number of nitrogens with two attached hydrogens (primary N) is 1. The molecule has 6 nitrogen and oxygen atoms in total. The van der Waals surface area contributed by atoms with Gasteiger partial charge in [0.15, 0.2) is 6.10 Å². The first-order valence-corrected chi connectivity index (χ1v) is 7.72. The minimum absolute atomic E-state index is 0.0850. The molecule has 0 aliphatic rings. The van der Waals surface area contributed by atoms with Crippen LogP contribution in [0.5, 0.6) is 5.75 Å². The Balaban J connectivity index is 3.31. The van der Waals surface area contributed by atoms with Crippen molar-refractivity contribution in [2.24, 2.45) is 5.14 Å². The summed E-state index contributed by atoms with van der Waals surface area (Å²) in [6.45, 7) is 3.19. The second-order valence-electron chi connectivity index (χ2n) is 3.97. The summed E-state index contributed by atoms with van der Waals surface area (Å²) in [7, 11) is -2.47. The third-order valence-corrected chi connectivity index (χ3v) is 3.80. The zero-order valence-corrected chi connectivity index (χ0v) is 13.1. The van der Waals surface area contributed by atoms with Gasteiger partial charge in [-0.2, -0.15) is 0 Å². The van der Waals surface area contributed by atoms with Crippen LogP contribution >= 0.6 is 15.9 Å². The lowest BCUT2D eigenvalue weighted by Gasteiger charge is -2.17. The fraction of sp³-hybridized carbons (Fsp3) is 0.364. The van der Waals surface area contributed by atoms with Crippen LogP contribution in [0.25, 0.3) is 0 Å². The van der Waals surface area contributed by atoms with Gasteiger partial charge in [-0.25, -0.2) is 13.6 Å². The maximum absolute atomic E-state index is 11.6. The number of carbonyl (C=O) groups excluding carboxylic acids is 1. The molecule has 0 fully saturated rings. The third-order valence-electron chi connectivity index (χ3n) is 2.42. The summed E-state index contributed by atoms with van der Waals surface area (Å²) < 4.78 is 29.1. The van der Waals surface area contributed by atoms with Crippen LogP contribution in [-0.4, -0.2) is 27.5 Å². The molecule has 0 saturated heterocycles. The molecule has 0 radical (unpaired) electrons. The van der Waals surface area contributed by atoms with E-state index in [1.54, 1.807) is 13.0 Å². The molecule has 0 spiro atoms. The lowest BCUT2D eigenvalue weighted by atomic mass is 10.2. The van der Waals surface area contributed by atoms with Crippen LogP contribution in [0, 0.1) is 6.92 Å². The SMILES string of the molecule is CNC(=O)C(C)Oc1c(C)cc(Br)cc1S(N)(=O)=O. The van der Waals surface area contributed by atoms with Crippen LogP contribution in [0.3, 0.4) is 0 Å². The summed E-state index contributed by atoms with van der Waals surface area (Å²) in [6.07, 6.45) is -0.828. The highest BCUT2D eigenvalue weighted by Crippen LogP contribution is 2.31. The first-order valence-electron chi connectivity index (χ1n) is 5.38. The molecule has 0 aromatic heterocycles. The van der Waals surface area contributed by atoms with E-state index in [0.29, 0.717) is 10.0 Å². The van der Waals surface area contributed by atoms with Crippen molar-refractivity contribution < 1.29 is 17.9 Å². The van der Waals surface area contributed by atoms with Gasteiger partial charge in [0, 0.05) is 11.5 Å².